The molecule has 0 amide bonds. The van der Waals surface area contributed by atoms with E-state index in [0.717, 1.165) is 17.2 Å². The molecule has 0 atom stereocenters. The van der Waals surface area contributed by atoms with Crippen LogP contribution in [0.25, 0.3) is 12.2 Å². The van der Waals surface area contributed by atoms with E-state index in [9.17, 15) is 19.5 Å². The third-order valence-electron chi connectivity index (χ3n) is 3.46. The van der Waals surface area contributed by atoms with E-state index in [-0.39, 0.29) is 11.5 Å². The average Bonchev–Trinajstić information content (AvgIpc) is 2.66. The fraction of sp³-hybridized carbons (Fsp3) is 0.0870. The first-order valence-corrected chi connectivity index (χ1v) is 8.69. The van der Waals surface area contributed by atoms with Crippen molar-refractivity contribution in [3.05, 3.63) is 83.6 Å². The normalized spacial score (nSPS) is 11.6. The smallest absolute Gasteiger partial charge is 0.308 e. The number of hydrogen-bond acceptors (Lipinski definition) is 6. The van der Waals surface area contributed by atoms with E-state index in [0.29, 0.717) is 11.5 Å². The third-order valence-corrected chi connectivity index (χ3v) is 3.46. The van der Waals surface area contributed by atoms with Crippen LogP contribution in [0.5, 0.6) is 11.5 Å². The second kappa shape index (κ2) is 10.4. The molecule has 0 aromatic heterocycles. The number of aliphatic hydroxyl groups is 1. The number of ketones is 1. The van der Waals surface area contributed by atoms with Crippen LogP contribution in [-0.4, -0.2) is 22.8 Å². The average molecular weight is 392 g/mol. The molecule has 2 rings (SSSR count). The highest BCUT2D eigenvalue weighted by Crippen LogP contribution is 2.15. The van der Waals surface area contributed by atoms with Crippen LogP contribution in [0.2, 0.25) is 0 Å². The van der Waals surface area contributed by atoms with Gasteiger partial charge < -0.3 is 14.6 Å². The zero-order valence-electron chi connectivity index (χ0n) is 16.0. The van der Waals surface area contributed by atoms with Crippen molar-refractivity contribution in [3.63, 3.8) is 0 Å². The van der Waals surface area contributed by atoms with E-state index in [1.165, 1.54) is 26.0 Å². The predicted molar refractivity (Wildman–Crippen MR) is 109 cm³/mol. The Bertz CT molecular complexity index is 963. The Morgan fingerprint density at radius 1 is 0.724 bits per heavy atom. The van der Waals surface area contributed by atoms with Gasteiger partial charge in [-0.2, -0.15) is 0 Å². The first kappa shape index (κ1) is 21.4. The molecule has 6 heteroatoms. The number of esters is 2. The molecule has 0 fully saturated rings. The molecule has 0 aliphatic rings. The Hall–Kier alpha value is -3.93. The van der Waals surface area contributed by atoms with Crippen LogP contribution in [0.3, 0.4) is 0 Å². The summed E-state index contributed by atoms with van der Waals surface area (Å²) in [4.78, 5) is 33.7. The Kier molecular flexibility index (Phi) is 7.68. The molecule has 6 nitrogen and oxygen atoms in total. The minimum Gasteiger partial charge on any atom is -0.508 e. The highest BCUT2D eigenvalue weighted by Gasteiger charge is 1.99. The van der Waals surface area contributed by atoms with Crippen LogP contribution in [0.4, 0.5) is 0 Å². The number of carbonyl (C=O) groups excluding carboxylic acids is 3. The number of allylic oxidation sites excluding steroid dienone is 3. The zero-order chi connectivity index (χ0) is 21.2. The number of rotatable bonds is 7. The molecule has 148 valence electrons. The molecule has 29 heavy (non-hydrogen) atoms. The van der Waals surface area contributed by atoms with Gasteiger partial charge in [0.05, 0.1) is 0 Å². The van der Waals surface area contributed by atoms with Gasteiger partial charge in [-0.3, -0.25) is 14.4 Å². The molecule has 0 aliphatic heterocycles. The molecule has 0 radical (unpaired) electrons. The molecule has 0 bridgehead atoms. The Morgan fingerprint density at radius 2 is 1.14 bits per heavy atom. The van der Waals surface area contributed by atoms with Crippen molar-refractivity contribution in [2.45, 2.75) is 13.8 Å². The summed E-state index contributed by atoms with van der Waals surface area (Å²) >= 11 is 0. The van der Waals surface area contributed by atoms with Crippen LogP contribution < -0.4 is 9.47 Å². The Labute approximate surface area is 168 Å². The van der Waals surface area contributed by atoms with Crippen LogP contribution in [-0.2, 0) is 14.4 Å². The Morgan fingerprint density at radius 3 is 1.55 bits per heavy atom. The molecule has 2 aromatic carbocycles. The first-order chi connectivity index (χ1) is 13.8. The van der Waals surface area contributed by atoms with Gasteiger partial charge in [0.1, 0.15) is 17.3 Å². The van der Waals surface area contributed by atoms with Crippen molar-refractivity contribution >= 4 is 29.9 Å². The molecule has 0 spiro atoms. The maximum Gasteiger partial charge on any atom is 0.308 e. The van der Waals surface area contributed by atoms with Gasteiger partial charge in [0.25, 0.3) is 0 Å². The molecule has 2 aromatic rings. The maximum absolute atomic E-state index is 11.9. The fourth-order valence-corrected chi connectivity index (χ4v) is 2.23. The van der Waals surface area contributed by atoms with Crippen molar-refractivity contribution in [1.82, 2.24) is 0 Å². The summed E-state index contributed by atoms with van der Waals surface area (Å²) in [5.41, 5.74) is 1.50. The third kappa shape index (κ3) is 8.09. The van der Waals surface area contributed by atoms with E-state index in [2.05, 4.69) is 0 Å². The summed E-state index contributed by atoms with van der Waals surface area (Å²) in [7, 11) is 0. The standard InChI is InChI=1S/C23H20O6/c1-16(24)28-22-11-5-18(6-12-22)3-9-20(26)15-21(27)10-4-19-7-13-23(14-8-19)29-17(2)25/h3-15,26H,1-2H3/b9-3+,10-4+,20-15-. The lowest BCUT2D eigenvalue weighted by molar-refractivity contribution is -0.132. The van der Waals surface area contributed by atoms with Crippen molar-refractivity contribution < 1.29 is 29.0 Å². The second-order valence-electron chi connectivity index (χ2n) is 5.96. The molecule has 0 saturated carbocycles. The SMILES string of the molecule is CC(=O)Oc1ccc(/C=C/C(=O)/C=C(O)/C=C/c2ccc(OC(C)=O)cc2)cc1. The second-order valence-corrected chi connectivity index (χ2v) is 5.96. The van der Waals surface area contributed by atoms with Gasteiger partial charge in [-0.05, 0) is 47.5 Å². The molecule has 0 heterocycles. The van der Waals surface area contributed by atoms with Gasteiger partial charge in [-0.25, -0.2) is 0 Å². The molecular formula is C23H20O6. The number of carbonyl (C=O) groups is 3. The van der Waals surface area contributed by atoms with Gasteiger partial charge >= 0.3 is 11.9 Å². The predicted octanol–water partition coefficient (Wildman–Crippen LogP) is 4.27. The van der Waals surface area contributed by atoms with Gasteiger partial charge in [-0.1, -0.05) is 36.4 Å². The molecular weight excluding hydrogens is 372 g/mol. The summed E-state index contributed by atoms with van der Waals surface area (Å²) < 4.78 is 9.87. The fourth-order valence-electron chi connectivity index (χ4n) is 2.23. The zero-order valence-corrected chi connectivity index (χ0v) is 16.0. The van der Waals surface area contributed by atoms with Crippen molar-refractivity contribution in [2.24, 2.45) is 0 Å². The van der Waals surface area contributed by atoms with Gasteiger partial charge in [-0.15, -0.1) is 0 Å². The quantitative estimate of drug-likeness (QED) is 0.249. The van der Waals surface area contributed by atoms with E-state index in [1.807, 2.05) is 0 Å². The first-order valence-electron chi connectivity index (χ1n) is 8.69. The van der Waals surface area contributed by atoms with Gasteiger partial charge in [0.2, 0.25) is 0 Å². The summed E-state index contributed by atoms with van der Waals surface area (Å²) in [6.07, 6.45) is 7.00. The number of hydrogen-bond donors (Lipinski definition) is 1. The topological polar surface area (TPSA) is 89.9 Å². The number of ether oxygens (including phenoxy) is 2. The largest absolute Gasteiger partial charge is 0.508 e. The van der Waals surface area contributed by atoms with Crippen LogP contribution in [0, 0.1) is 0 Å². The van der Waals surface area contributed by atoms with Crippen molar-refractivity contribution in [1.29, 1.82) is 0 Å². The van der Waals surface area contributed by atoms with Gasteiger partial charge in [0, 0.05) is 19.9 Å². The summed E-state index contributed by atoms with van der Waals surface area (Å²) in [6.45, 7) is 2.64. The van der Waals surface area contributed by atoms with Crippen LogP contribution >= 0.6 is 0 Å². The van der Waals surface area contributed by atoms with E-state index in [4.69, 9.17) is 9.47 Å². The van der Waals surface area contributed by atoms with Crippen LogP contribution in [0.15, 0.2) is 72.5 Å². The van der Waals surface area contributed by atoms with E-state index in [1.54, 1.807) is 60.7 Å². The number of benzene rings is 2. The van der Waals surface area contributed by atoms with E-state index < -0.39 is 11.9 Å². The molecule has 0 aliphatic carbocycles. The highest BCUT2D eigenvalue weighted by atomic mass is 16.5. The summed E-state index contributed by atoms with van der Waals surface area (Å²) in [5, 5.41) is 9.87. The molecule has 0 unspecified atom stereocenters. The van der Waals surface area contributed by atoms with Crippen molar-refractivity contribution in [3.8, 4) is 11.5 Å². The van der Waals surface area contributed by atoms with Crippen LogP contribution in [0.1, 0.15) is 25.0 Å². The maximum atomic E-state index is 11.9. The lowest BCUT2D eigenvalue weighted by Gasteiger charge is -2.01. The highest BCUT2D eigenvalue weighted by molar-refractivity contribution is 6.02. The minimum absolute atomic E-state index is 0.200. The van der Waals surface area contributed by atoms with Gasteiger partial charge in [0.15, 0.2) is 5.78 Å². The van der Waals surface area contributed by atoms with Crippen molar-refractivity contribution in [2.75, 3.05) is 0 Å². The summed E-state index contributed by atoms with van der Waals surface area (Å²) in [6, 6.07) is 13.3. The summed E-state index contributed by atoms with van der Waals surface area (Å²) in [5.74, 6) is -0.547. The monoisotopic (exact) mass is 392 g/mol. The lowest BCUT2D eigenvalue weighted by Crippen LogP contribution is -2.00. The van der Waals surface area contributed by atoms with E-state index >= 15 is 0 Å². The lowest BCUT2D eigenvalue weighted by atomic mass is 10.1. The molecule has 0 saturated heterocycles. The minimum atomic E-state index is -0.405. The Balaban J connectivity index is 1.93. The number of aliphatic hydroxyl groups excluding tert-OH is 1. The molecule has 1 N–H and O–H groups in total.